The fourth-order valence-electron chi connectivity index (χ4n) is 2.71. The second kappa shape index (κ2) is 5.11. The van der Waals surface area contributed by atoms with Gasteiger partial charge >= 0.3 is 6.18 Å². The molecule has 1 aromatic carbocycles. The van der Waals surface area contributed by atoms with Gasteiger partial charge in [0.2, 0.25) is 11.9 Å². The number of carbonyl (C=O) groups is 1. The first-order valence-corrected chi connectivity index (χ1v) is 6.63. The first-order chi connectivity index (χ1) is 10.8. The first kappa shape index (κ1) is 15.1. The molecule has 4 N–H and O–H groups in total. The van der Waals surface area contributed by atoms with Gasteiger partial charge in [0.05, 0.1) is 11.1 Å². The van der Waals surface area contributed by atoms with Crippen molar-refractivity contribution in [1.29, 1.82) is 0 Å². The molecule has 0 saturated heterocycles. The van der Waals surface area contributed by atoms with E-state index in [-0.39, 0.29) is 29.3 Å². The lowest BCUT2D eigenvalue weighted by Crippen LogP contribution is -2.32. The van der Waals surface area contributed by atoms with E-state index in [2.05, 4.69) is 15.3 Å². The number of halogens is 3. The van der Waals surface area contributed by atoms with Gasteiger partial charge in [0, 0.05) is 12.3 Å². The molecule has 0 saturated carbocycles. The third-order valence-corrected chi connectivity index (χ3v) is 3.61. The number of rotatable bonds is 1. The number of nitrogens with one attached hydrogen (secondary N) is 2. The predicted molar refractivity (Wildman–Crippen MR) is 75.8 cm³/mol. The Bertz CT molecular complexity index is 845. The highest BCUT2D eigenvalue weighted by Gasteiger charge is 2.38. The van der Waals surface area contributed by atoms with Crippen molar-refractivity contribution >= 4 is 17.7 Å². The quantitative estimate of drug-likeness (QED) is 0.745. The van der Waals surface area contributed by atoms with Crippen LogP contribution in [0.1, 0.15) is 29.0 Å². The average molecular weight is 324 g/mol. The minimum Gasteiger partial charge on any atom is -0.369 e. The summed E-state index contributed by atoms with van der Waals surface area (Å²) in [5, 5.41) is 2.37. The number of hydrogen-bond donors (Lipinski definition) is 3. The number of nitrogens with zero attached hydrogens (tertiary/aromatic N) is 1. The number of nitrogen functional groups attached to an aromatic ring is 1. The van der Waals surface area contributed by atoms with Crippen LogP contribution in [-0.4, -0.2) is 15.9 Å². The van der Waals surface area contributed by atoms with Crippen LogP contribution in [0.15, 0.2) is 29.1 Å². The van der Waals surface area contributed by atoms with Crippen molar-refractivity contribution in [3.8, 4) is 0 Å². The van der Waals surface area contributed by atoms with Crippen molar-refractivity contribution in [2.24, 2.45) is 0 Å². The maximum Gasteiger partial charge on any atom is 0.416 e. The Morgan fingerprint density at radius 3 is 2.61 bits per heavy atom. The molecule has 1 aromatic heterocycles. The fourth-order valence-corrected chi connectivity index (χ4v) is 2.71. The summed E-state index contributed by atoms with van der Waals surface area (Å²) >= 11 is 0. The number of carbonyl (C=O) groups excluding carboxylic acids is 1. The van der Waals surface area contributed by atoms with Gasteiger partial charge in [-0.05, 0) is 11.6 Å². The highest BCUT2D eigenvalue weighted by Crippen LogP contribution is 2.40. The Morgan fingerprint density at radius 2 is 1.91 bits per heavy atom. The Labute approximate surface area is 127 Å². The number of fused-ring (bicyclic) bond motifs is 1. The minimum absolute atomic E-state index is 0.0319. The number of aromatic amines is 1. The highest BCUT2D eigenvalue weighted by molar-refractivity contribution is 5.94. The Hall–Kier alpha value is -2.84. The minimum atomic E-state index is -4.60. The summed E-state index contributed by atoms with van der Waals surface area (Å²) in [7, 11) is 0. The number of nitrogens with two attached hydrogens (primary N) is 1. The van der Waals surface area contributed by atoms with Crippen LogP contribution in [-0.2, 0) is 11.0 Å². The van der Waals surface area contributed by atoms with Crippen LogP contribution < -0.4 is 16.6 Å². The molecule has 2 aromatic rings. The Kier molecular flexibility index (Phi) is 3.35. The zero-order valence-corrected chi connectivity index (χ0v) is 11.6. The summed E-state index contributed by atoms with van der Waals surface area (Å²) < 4.78 is 39.7. The van der Waals surface area contributed by atoms with E-state index in [0.717, 1.165) is 6.07 Å². The van der Waals surface area contributed by atoms with Gasteiger partial charge in [0.25, 0.3) is 5.56 Å². The summed E-state index contributed by atoms with van der Waals surface area (Å²) in [5.41, 5.74) is 3.68. The predicted octanol–water partition coefficient (Wildman–Crippen LogP) is 1.84. The lowest BCUT2D eigenvalue weighted by atomic mass is 9.84. The van der Waals surface area contributed by atoms with Gasteiger partial charge in [0.15, 0.2) is 0 Å². The molecule has 1 aliphatic heterocycles. The van der Waals surface area contributed by atoms with Gasteiger partial charge in [-0.25, -0.2) is 0 Å². The standard InChI is InChI=1S/C14H11F3N4O2/c15-14(16,17)8-4-2-1-3-6(8)7-5-9(22)19-11-10(7)12(23)21-13(18)20-11/h1-4,7H,5H2,(H4,18,19,20,21,22,23)/t7-/m1/s1. The summed E-state index contributed by atoms with van der Waals surface area (Å²) in [4.78, 5) is 30.0. The van der Waals surface area contributed by atoms with Crippen molar-refractivity contribution < 1.29 is 18.0 Å². The second-order valence-electron chi connectivity index (χ2n) is 5.10. The summed E-state index contributed by atoms with van der Waals surface area (Å²) in [6.07, 6.45) is -4.88. The molecule has 0 unspecified atom stereocenters. The first-order valence-electron chi connectivity index (χ1n) is 6.63. The van der Waals surface area contributed by atoms with Crippen LogP contribution in [0.2, 0.25) is 0 Å². The lowest BCUT2D eigenvalue weighted by molar-refractivity contribution is -0.138. The molecule has 0 bridgehead atoms. The van der Waals surface area contributed by atoms with E-state index in [1.54, 1.807) is 0 Å². The van der Waals surface area contributed by atoms with Crippen molar-refractivity contribution in [2.75, 3.05) is 11.1 Å². The third kappa shape index (κ3) is 2.65. The van der Waals surface area contributed by atoms with E-state index in [9.17, 15) is 22.8 Å². The van der Waals surface area contributed by atoms with Gasteiger partial charge in [0.1, 0.15) is 5.82 Å². The SMILES string of the molecule is Nc1nc2c(c(=O)[nH]1)[C@@H](c1ccccc1C(F)(F)F)CC(=O)N2. The summed E-state index contributed by atoms with van der Waals surface area (Å²) in [6, 6.07) is 4.85. The highest BCUT2D eigenvalue weighted by atomic mass is 19.4. The molecule has 1 atom stereocenters. The molecule has 3 rings (SSSR count). The molecule has 0 fully saturated rings. The van der Waals surface area contributed by atoms with Crippen molar-refractivity contribution in [3.63, 3.8) is 0 Å². The van der Waals surface area contributed by atoms with Gasteiger partial charge < -0.3 is 11.1 Å². The van der Waals surface area contributed by atoms with E-state index >= 15 is 0 Å². The number of amides is 1. The van der Waals surface area contributed by atoms with Gasteiger partial charge in [-0.15, -0.1) is 0 Å². The maximum atomic E-state index is 13.2. The van der Waals surface area contributed by atoms with Crippen LogP contribution in [0.25, 0.3) is 0 Å². The van der Waals surface area contributed by atoms with E-state index in [4.69, 9.17) is 5.73 Å². The van der Waals surface area contributed by atoms with E-state index in [0.29, 0.717) is 0 Å². The van der Waals surface area contributed by atoms with Crippen molar-refractivity contribution in [3.05, 3.63) is 51.3 Å². The number of hydrogen-bond acceptors (Lipinski definition) is 4. The van der Waals surface area contributed by atoms with Crippen LogP contribution in [0.4, 0.5) is 24.9 Å². The molecule has 0 aliphatic carbocycles. The maximum absolute atomic E-state index is 13.2. The monoisotopic (exact) mass is 324 g/mol. The summed E-state index contributed by atoms with van der Waals surface area (Å²) in [6.45, 7) is 0. The van der Waals surface area contributed by atoms with Crippen LogP contribution in [0, 0.1) is 0 Å². The molecule has 9 heteroatoms. The molecule has 1 aliphatic rings. The molecule has 1 amide bonds. The average Bonchev–Trinajstić information content (AvgIpc) is 2.44. The molecule has 23 heavy (non-hydrogen) atoms. The van der Waals surface area contributed by atoms with Gasteiger partial charge in [-0.1, -0.05) is 18.2 Å². The van der Waals surface area contributed by atoms with Crippen LogP contribution in [0.3, 0.4) is 0 Å². The second-order valence-corrected chi connectivity index (χ2v) is 5.10. The fraction of sp³-hybridized carbons (Fsp3) is 0.214. The lowest BCUT2D eigenvalue weighted by Gasteiger charge is -2.26. The number of alkyl halides is 3. The normalized spacial score (nSPS) is 17.5. The van der Waals surface area contributed by atoms with E-state index in [1.807, 2.05) is 0 Å². The molecular weight excluding hydrogens is 313 g/mol. The van der Waals surface area contributed by atoms with E-state index < -0.39 is 29.1 Å². The Morgan fingerprint density at radius 1 is 1.22 bits per heavy atom. The molecule has 0 radical (unpaired) electrons. The topological polar surface area (TPSA) is 101 Å². The van der Waals surface area contributed by atoms with E-state index in [1.165, 1.54) is 18.2 Å². The third-order valence-electron chi connectivity index (χ3n) is 3.61. The van der Waals surface area contributed by atoms with Gasteiger partial charge in [-0.2, -0.15) is 18.2 Å². The summed E-state index contributed by atoms with van der Waals surface area (Å²) in [5.74, 6) is -1.91. The molecular formula is C14H11F3N4O2. The molecule has 0 spiro atoms. The number of benzene rings is 1. The van der Waals surface area contributed by atoms with Crippen molar-refractivity contribution in [2.45, 2.75) is 18.5 Å². The number of H-pyrrole nitrogens is 1. The molecule has 2 heterocycles. The van der Waals surface area contributed by atoms with Gasteiger partial charge in [-0.3, -0.25) is 14.6 Å². The zero-order chi connectivity index (χ0) is 16.8. The van der Waals surface area contributed by atoms with Crippen LogP contribution in [0.5, 0.6) is 0 Å². The largest absolute Gasteiger partial charge is 0.416 e. The van der Waals surface area contributed by atoms with Crippen LogP contribution >= 0.6 is 0 Å². The zero-order valence-electron chi connectivity index (χ0n) is 11.6. The molecule has 6 nitrogen and oxygen atoms in total. The molecule has 120 valence electrons. The number of aromatic nitrogens is 2. The number of anilines is 2. The Balaban J connectivity index is 2.24. The smallest absolute Gasteiger partial charge is 0.369 e. The van der Waals surface area contributed by atoms with Crippen molar-refractivity contribution in [1.82, 2.24) is 9.97 Å².